The summed E-state index contributed by atoms with van der Waals surface area (Å²) < 4.78 is 10.7. The smallest absolute Gasteiger partial charge is 0.253 e. The number of hydrogen-bond acceptors (Lipinski definition) is 5. The maximum atomic E-state index is 12.6. The van der Waals surface area contributed by atoms with Gasteiger partial charge in [-0.3, -0.25) is 14.5 Å². The zero-order valence-electron chi connectivity index (χ0n) is 18.9. The first-order chi connectivity index (χ1) is 15.4. The molecular weight excluding hydrogens is 406 g/mol. The number of carbonyl (C=O) groups is 2. The van der Waals surface area contributed by atoms with Gasteiger partial charge in [-0.1, -0.05) is 24.3 Å². The fraction of sp³-hybridized carbons (Fsp3) is 0.280. The summed E-state index contributed by atoms with van der Waals surface area (Å²) in [6.45, 7) is 5.10. The van der Waals surface area contributed by atoms with Gasteiger partial charge >= 0.3 is 0 Å². The van der Waals surface area contributed by atoms with Crippen LogP contribution in [0, 0.1) is 13.8 Å². The number of para-hydroxylation sites is 1. The number of benzene rings is 2. The molecule has 7 nitrogen and oxygen atoms in total. The molecule has 32 heavy (non-hydrogen) atoms. The van der Waals surface area contributed by atoms with Gasteiger partial charge in [0.05, 0.1) is 37.7 Å². The van der Waals surface area contributed by atoms with Crippen molar-refractivity contribution in [3.8, 4) is 5.75 Å². The molecule has 0 atom stereocenters. The summed E-state index contributed by atoms with van der Waals surface area (Å²) in [4.78, 5) is 27.2. The van der Waals surface area contributed by atoms with E-state index in [0.717, 1.165) is 22.4 Å². The molecule has 0 aliphatic heterocycles. The first kappa shape index (κ1) is 23.1. The van der Waals surface area contributed by atoms with Crippen molar-refractivity contribution in [2.45, 2.75) is 26.9 Å². The van der Waals surface area contributed by atoms with E-state index in [1.165, 1.54) is 0 Å². The molecule has 2 aromatic carbocycles. The number of methoxy groups -OCH3 is 1. The Kier molecular flexibility index (Phi) is 7.68. The number of carbonyl (C=O) groups excluding carboxylic acids is 2. The summed E-state index contributed by atoms with van der Waals surface area (Å²) in [5.74, 6) is 1.07. The molecule has 1 heterocycles. The third-order valence-electron chi connectivity index (χ3n) is 5.04. The molecule has 0 radical (unpaired) electrons. The Bertz CT molecular complexity index is 1050. The molecule has 0 saturated heterocycles. The summed E-state index contributed by atoms with van der Waals surface area (Å²) >= 11 is 0. The fourth-order valence-electron chi connectivity index (χ4n) is 3.72. The molecule has 0 aliphatic rings. The van der Waals surface area contributed by atoms with E-state index >= 15 is 0 Å². The van der Waals surface area contributed by atoms with Crippen LogP contribution < -0.4 is 15.4 Å². The maximum absolute atomic E-state index is 12.6. The van der Waals surface area contributed by atoms with Crippen LogP contribution in [0.5, 0.6) is 5.75 Å². The largest absolute Gasteiger partial charge is 0.496 e. The van der Waals surface area contributed by atoms with Crippen molar-refractivity contribution >= 4 is 17.5 Å². The molecular formula is C25H29N3O4. The number of amides is 2. The second kappa shape index (κ2) is 10.6. The summed E-state index contributed by atoms with van der Waals surface area (Å²) in [6.07, 6.45) is 1.56. The molecule has 0 fully saturated rings. The molecule has 168 valence electrons. The second-order valence-electron chi connectivity index (χ2n) is 7.79. The van der Waals surface area contributed by atoms with Gasteiger partial charge in [-0.25, -0.2) is 0 Å². The van der Waals surface area contributed by atoms with Crippen molar-refractivity contribution in [3.63, 3.8) is 0 Å². The van der Waals surface area contributed by atoms with Crippen LogP contribution in [0.15, 0.2) is 59.2 Å². The Hall–Kier alpha value is -3.58. The van der Waals surface area contributed by atoms with Gasteiger partial charge in [0.25, 0.3) is 5.91 Å². The molecule has 7 heteroatoms. The third kappa shape index (κ3) is 5.98. The van der Waals surface area contributed by atoms with Gasteiger partial charge in [-0.2, -0.15) is 0 Å². The van der Waals surface area contributed by atoms with E-state index in [0.29, 0.717) is 23.6 Å². The third-order valence-corrected chi connectivity index (χ3v) is 5.04. The van der Waals surface area contributed by atoms with E-state index in [1.807, 2.05) is 25.8 Å². The molecule has 0 unspecified atom stereocenters. The van der Waals surface area contributed by atoms with Gasteiger partial charge in [0.1, 0.15) is 11.5 Å². The average Bonchev–Trinajstić information content (AvgIpc) is 3.25. The number of nitrogens with zero attached hydrogens (tertiary/aromatic N) is 1. The molecule has 3 aromatic rings. The minimum Gasteiger partial charge on any atom is -0.496 e. The van der Waals surface area contributed by atoms with Gasteiger partial charge in [0.15, 0.2) is 0 Å². The zero-order chi connectivity index (χ0) is 23.1. The Balaban J connectivity index is 1.59. The molecule has 2 amide bonds. The SMILES string of the molecule is COc1c(C)cc(CN(C)CC(=O)Nc2ccccc2C(=O)NCc2ccco2)cc1C. The van der Waals surface area contributed by atoms with Crippen molar-refractivity contribution < 1.29 is 18.7 Å². The molecule has 0 aliphatic carbocycles. The lowest BCUT2D eigenvalue weighted by atomic mass is 10.1. The van der Waals surface area contributed by atoms with Gasteiger partial charge in [-0.15, -0.1) is 0 Å². The number of ether oxygens (including phenoxy) is 1. The lowest BCUT2D eigenvalue weighted by Crippen LogP contribution is -2.31. The standard InChI is InChI=1S/C25H29N3O4/c1-17-12-19(13-18(2)24(17)31-4)15-28(3)16-23(29)27-22-10-6-5-9-21(22)25(30)26-14-20-8-7-11-32-20/h5-13H,14-16H2,1-4H3,(H,26,30)(H,27,29). The van der Waals surface area contributed by atoms with E-state index in [9.17, 15) is 9.59 Å². The highest BCUT2D eigenvalue weighted by Crippen LogP contribution is 2.24. The monoisotopic (exact) mass is 435 g/mol. The predicted molar refractivity (Wildman–Crippen MR) is 124 cm³/mol. The van der Waals surface area contributed by atoms with Gasteiger partial charge in [0, 0.05) is 6.54 Å². The van der Waals surface area contributed by atoms with Crippen LogP contribution in [0.3, 0.4) is 0 Å². The normalized spacial score (nSPS) is 10.8. The van der Waals surface area contributed by atoms with E-state index in [1.54, 1.807) is 49.8 Å². The lowest BCUT2D eigenvalue weighted by Gasteiger charge is -2.19. The summed E-state index contributed by atoms with van der Waals surface area (Å²) in [5, 5.41) is 5.66. The summed E-state index contributed by atoms with van der Waals surface area (Å²) in [5.41, 5.74) is 4.11. The predicted octanol–water partition coefficient (Wildman–Crippen LogP) is 3.91. The zero-order valence-corrected chi connectivity index (χ0v) is 18.9. The van der Waals surface area contributed by atoms with Crippen LogP contribution in [-0.4, -0.2) is 37.4 Å². The van der Waals surface area contributed by atoms with E-state index in [4.69, 9.17) is 9.15 Å². The van der Waals surface area contributed by atoms with Crippen molar-refractivity contribution in [1.29, 1.82) is 0 Å². The number of hydrogen-bond donors (Lipinski definition) is 2. The number of aryl methyl sites for hydroxylation is 2. The fourth-order valence-corrected chi connectivity index (χ4v) is 3.72. The number of nitrogens with one attached hydrogen (secondary N) is 2. The van der Waals surface area contributed by atoms with Gasteiger partial charge < -0.3 is 19.8 Å². The Labute approximate surface area is 188 Å². The Morgan fingerprint density at radius 1 is 1.06 bits per heavy atom. The average molecular weight is 436 g/mol. The van der Waals surface area contributed by atoms with E-state index in [-0.39, 0.29) is 24.9 Å². The van der Waals surface area contributed by atoms with Crippen LogP contribution >= 0.6 is 0 Å². The van der Waals surface area contributed by atoms with Crippen molar-refractivity contribution in [2.24, 2.45) is 0 Å². The van der Waals surface area contributed by atoms with Crippen LogP contribution in [-0.2, 0) is 17.9 Å². The van der Waals surface area contributed by atoms with E-state index < -0.39 is 0 Å². The topological polar surface area (TPSA) is 83.8 Å². The van der Waals surface area contributed by atoms with Crippen molar-refractivity contribution in [1.82, 2.24) is 10.2 Å². The maximum Gasteiger partial charge on any atom is 0.253 e. The van der Waals surface area contributed by atoms with Crippen LogP contribution in [0.25, 0.3) is 0 Å². The molecule has 2 N–H and O–H groups in total. The second-order valence-corrected chi connectivity index (χ2v) is 7.79. The molecule has 0 saturated carbocycles. The number of anilines is 1. The highest BCUT2D eigenvalue weighted by atomic mass is 16.5. The molecule has 1 aromatic heterocycles. The first-order valence-corrected chi connectivity index (χ1v) is 10.4. The van der Waals surface area contributed by atoms with Crippen LogP contribution in [0.4, 0.5) is 5.69 Å². The summed E-state index contributed by atoms with van der Waals surface area (Å²) in [7, 11) is 3.55. The van der Waals surface area contributed by atoms with Crippen LogP contribution in [0.1, 0.15) is 32.8 Å². The highest BCUT2D eigenvalue weighted by Gasteiger charge is 2.15. The first-order valence-electron chi connectivity index (χ1n) is 10.4. The number of likely N-dealkylation sites (N-methyl/N-ethyl adjacent to an activating group) is 1. The highest BCUT2D eigenvalue weighted by molar-refractivity contribution is 6.04. The summed E-state index contributed by atoms with van der Waals surface area (Å²) in [6, 6.07) is 14.6. The molecule has 3 rings (SSSR count). The van der Waals surface area contributed by atoms with Crippen LogP contribution in [0.2, 0.25) is 0 Å². The minimum absolute atomic E-state index is 0.187. The van der Waals surface area contributed by atoms with Gasteiger partial charge in [0.2, 0.25) is 5.91 Å². The van der Waals surface area contributed by atoms with Gasteiger partial charge in [-0.05, 0) is 61.9 Å². The number of furan rings is 1. The molecule has 0 spiro atoms. The quantitative estimate of drug-likeness (QED) is 0.533. The van der Waals surface area contributed by atoms with Crippen molar-refractivity contribution in [2.75, 3.05) is 26.0 Å². The van der Waals surface area contributed by atoms with Crippen molar-refractivity contribution in [3.05, 3.63) is 82.8 Å². The Morgan fingerprint density at radius 3 is 2.44 bits per heavy atom. The lowest BCUT2D eigenvalue weighted by molar-refractivity contribution is -0.117. The Morgan fingerprint density at radius 2 is 1.78 bits per heavy atom. The number of rotatable bonds is 9. The van der Waals surface area contributed by atoms with E-state index in [2.05, 4.69) is 22.8 Å². The minimum atomic E-state index is -0.283. The molecule has 0 bridgehead atoms.